The van der Waals surface area contributed by atoms with Crippen LogP contribution in [0.4, 0.5) is 5.69 Å². The van der Waals surface area contributed by atoms with Crippen LogP contribution in [0.25, 0.3) is 0 Å². The summed E-state index contributed by atoms with van der Waals surface area (Å²) in [5, 5.41) is 2.74. The molecule has 0 atom stereocenters. The molecule has 0 aliphatic carbocycles. The predicted molar refractivity (Wildman–Crippen MR) is 97.2 cm³/mol. The Kier molecular flexibility index (Phi) is 5.48. The van der Waals surface area contributed by atoms with Crippen LogP contribution in [0.1, 0.15) is 15.9 Å². The summed E-state index contributed by atoms with van der Waals surface area (Å²) < 4.78 is 6.61. The summed E-state index contributed by atoms with van der Waals surface area (Å²) in [5.74, 6) is -0.345. The third-order valence-corrected chi connectivity index (χ3v) is 4.16. The van der Waals surface area contributed by atoms with Crippen LogP contribution < -0.4 is 10.9 Å². The van der Waals surface area contributed by atoms with Crippen LogP contribution >= 0.6 is 0 Å². The maximum Gasteiger partial charge on any atom is 0.254 e. The van der Waals surface area contributed by atoms with Gasteiger partial charge in [0, 0.05) is 36.6 Å². The zero-order valence-corrected chi connectivity index (χ0v) is 14.6. The molecule has 1 aliphatic heterocycles. The molecule has 0 saturated carbocycles. The molecule has 1 saturated heterocycles. The van der Waals surface area contributed by atoms with E-state index < -0.39 is 0 Å². The van der Waals surface area contributed by atoms with Crippen molar-refractivity contribution in [2.75, 3.05) is 31.6 Å². The first-order valence-corrected chi connectivity index (χ1v) is 8.47. The van der Waals surface area contributed by atoms with Crippen LogP contribution in [0.5, 0.6) is 0 Å². The fourth-order valence-electron chi connectivity index (χ4n) is 2.77. The van der Waals surface area contributed by atoms with E-state index in [1.54, 1.807) is 41.4 Å². The minimum absolute atomic E-state index is 0.0440. The van der Waals surface area contributed by atoms with Gasteiger partial charge in [0.1, 0.15) is 6.54 Å². The summed E-state index contributed by atoms with van der Waals surface area (Å²) in [6.45, 7) is 4.08. The van der Waals surface area contributed by atoms with Crippen LogP contribution in [0.3, 0.4) is 0 Å². The summed E-state index contributed by atoms with van der Waals surface area (Å²) in [6, 6.07) is 9.89. The molecule has 3 rings (SSSR count). The van der Waals surface area contributed by atoms with Crippen molar-refractivity contribution in [2.24, 2.45) is 0 Å². The molecule has 26 heavy (non-hydrogen) atoms. The van der Waals surface area contributed by atoms with Crippen molar-refractivity contribution < 1.29 is 14.3 Å². The van der Waals surface area contributed by atoms with Gasteiger partial charge < -0.3 is 19.5 Å². The second-order valence-corrected chi connectivity index (χ2v) is 6.20. The third kappa shape index (κ3) is 4.37. The molecule has 1 aromatic carbocycles. The Hall–Kier alpha value is -2.93. The zero-order chi connectivity index (χ0) is 18.5. The molecule has 136 valence electrons. The molecule has 7 nitrogen and oxygen atoms in total. The minimum Gasteiger partial charge on any atom is -0.378 e. The lowest BCUT2D eigenvalue weighted by molar-refractivity contribution is -0.116. The van der Waals surface area contributed by atoms with Gasteiger partial charge >= 0.3 is 0 Å². The van der Waals surface area contributed by atoms with Gasteiger partial charge in [-0.25, -0.2) is 0 Å². The Labute approximate surface area is 151 Å². The lowest BCUT2D eigenvalue weighted by Crippen LogP contribution is -2.40. The van der Waals surface area contributed by atoms with Gasteiger partial charge in [-0.1, -0.05) is 6.07 Å². The van der Waals surface area contributed by atoms with Crippen molar-refractivity contribution in [3.63, 3.8) is 0 Å². The van der Waals surface area contributed by atoms with Gasteiger partial charge in [0.25, 0.3) is 11.5 Å². The van der Waals surface area contributed by atoms with Crippen LogP contribution in [-0.4, -0.2) is 47.6 Å². The van der Waals surface area contributed by atoms with Crippen LogP contribution in [0.15, 0.2) is 47.4 Å². The van der Waals surface area contributed by atoms with Gasteiger partial charge in [-0.15, -0.1) is 0 Å². The monoisotopic (exact) mass is 355 g/mol. The molecule has 7 heteroatoms. The molecule has 2 aromatic rings. The van der Waals surface area contributed by atoms with E-state index in [-0.39, 0.29) is 23.9 Å². The fraction of sp³-hybridized carbons (Fsp3) is 0.316. The Balaban J connectivity index is 1.61. The number of morpholine rings is 1. The highest BCUT2D eigenvalue weighted by Crippen LogP contribution is 2.13. The minimum atomic E-state index is -0.301. The molecule has 0 unspecified atom stereocenters. The Bertz CT molecular complexity index is 852. The third-order valence-electron chi connectivity index (χ3n) is 4.16. The Morgan fingerprint density at radius 3 is 2.46 bits per heavy atom. The molecule has 0 bridgehead atoms. The number of rotatable bonds is 4. The van der Waals surface area contributed by atoms with E-state index in [4.69, 9.17) is 4.74 Å². The number of anilines is 1. The van der Waals surface area contributed by atoms with E-state index in [0.717, 1.165) is 5.56 Å². The first kappa shape index (κ1) is 17.9. The van der Waals surface area contributed by atoms with E-state index in [1.807, 2.05) is 6.92 Å². The molecule has 1 aromatic heterocycles. The summed E-state index contributed by atoms with van der Waals surface area (Å²) in [7, 11) is 0. The van der Waals surface area contributed by atoms with Crippen LogP contribution in [0, 0.1) is 6.92 Å². The number of hydrogen-bond donors (Lipinski definition) is 1. The molecule has 1 N–H and O–H groups in total. The highest BCUT2D eigenvalue weighted by atomic mass is 16.5. The number of aromatic nitrogens is 1. The normalized spacial score (nSPS) is 14.1. The number of hydrogen-bond acceptors (Lipinski definition) is 4. The molecule has 2 heterocycles. The van der Waals surface area contributed by atoms with E-state index in [0.29, 0.717) is 37.6 Å². The van der Waals surface area contributed by atoms with E-state index >= 15 is 0 Å². The summed E-state index contributed by atoms with van der Waals surface area (Å²) in [6.07, 6.45) is 1.64. The van der Waals surface area contributed by atoms with E-state index in [2.05, 4.69) is 5.32 Å². The first-order chi connectivity index (χ1) is 12.5. The largest absolute Gasteiger partial charge is 0.378 e. The SMILES string of the molecule is Cc1ccc(=O)n(CC(=O)Nc2ccc(C(=O)N3CCOCC3)cc2)c1. The van der Waals surface area contributed by atoms with Gasteiger partial charge in [-0.2, -0.15) is 0 Å². The number of ether oxygens (including phenoxy) is 1. The van der Waals surface area contributed by atoms with Crippen LogP contribution in [0.2, 0.25) is 0 Å². The highest BCUT2D eigenvalue weighted by molar-refractivity contribution is 5.95. The lowest BCUT2D eigenvalue weighted by Gasteiger charge is -2.26. The van der Waals surface area contributed by atoms with Gasteiger partial charge in [-0.3, -0.25) is 14.4 Å². The first-order valence-electron chi connectivity index (χ1n) is 8.47. The standard InChI is InChI=1S/C19H21N3O4/c1-14-2-7-18(24)22(12-14)13-17(23)20-16-5-3-15(4-6-16)19(25)21-8-10-26-11-9-21/h2-7,12H,8-11,13H2,1H3,(H,20,23). The van der Waals surface area contributed by atoms with E-state index in [9.17, 15) is 14.4 Å². The number of nitrogens with zero attached hydrogens (tertiary/aromatic N) is 2. The lowest BCUT2D eigenvalue weighted by atomic mass is 10.1. The number of benzene rings is 1. The van der Waals surface area contributed by atoms with Gasteiger partial charge in [0.2, 0.25) is 5.91 Å². The maximum absolute atomic E-state index is 12.4. The highest BCUT2D eigenvalue weighted by Gasteiger charge is 2.18. The average molecular weight is 355 g/mol. The van der Waals surface area contributed by atoms with Crippen LogP contribution in [-0.2, 0) is 16.1 Å². The maximum atomic E-state index is 12.4. The van der Waals surface area contributed by atoms with Crippen molar-refractivity contribution in [1.29, 1.82) is 0 Å². The van der Waals surface area contributed by atoms with Crippen molar-refractivity contribution in [1.82, 2.24) is 9.47 Å². The van der Waals surface area contributed by atoms with Gasteiger partial charge in [0.15, 0.2) is 0 Å². The summed E-state index contributed by atoms with van der Waals surface area (Å²) in [5.41, 5.74) is 1.83. The van der Waals surface area contributed by atoms with Crippen molar-refractivity contribution in [3.8, 4) is 0 Å². The molecule has 1 fully saturated rings. The topological polar surface area (TPSA) is 80.6 Å². The number of carbonyl (C=O) groups is 2. The van der Waals surface area contributed by atoms with Crippen molar-refractivity contribution in [2.45, 2.75) is 13.5 Å². The second kappa shape index (κ2) is 7.97. The van der Waals surface area contributed by atoms with Crippen molar-refractivity contribution in [3.05, 3.63) is 64.1 Å². The number of aryl methyl sites for hydroxylation is 1. The predicted octanol–water partition coefficient (Wildman–Crippen LogP) is 1.27. The molecule has 2 amide bonds. The average Bonchev–Trinajstić information content (AvgIpc) is 2.65. The fourth-order valence-corrected chi connectivity index (χ4v) is 2.77. The van der Waals surface area contributed by atoms with E-state index in [1.165, 1.54) is 10.6 Å². The smallest absolute Gasteiger partial charge is 0.254 e. The summed E-state index contributed by atoms with van der Waals surface area (Å²) in [4.78, 5) is 38.1. The molecular formula is C19H21N3O4. The van der Waals surface area contributed by atoms with Gasteiger partial charge in [0.05, 0.1) is 13.2 Å². The Morgan fingerprint density at radius 2 is 1.77 bits per heavy atom. The zero-order valence-electron chi connectivity index (χ0n) is 14.6. The van der Waals surface area contributed by atoms with Gasteiger partial charge in [-0.05, 0) is 36.8 Å². The summed E-state index contributed by atoms with van der Waals surface area (Å²) >= 11 is 0. The number of pyridine rings is 1. The molecule has 0 radical (unpaired) electrons. The Morgan fingerprint density at radius 1 is 1.08 bits per heavy atom. The molecular weight excluding hydrogens is 334 g/mol. The van der Waals surface area contributed by atoms with Crippen molar-refractivity contribution >= 4 is 17.5 Å². The quantitative estimate of drug-likeness (QED) is 0.896. The number of carbonyl (C=O) groups excluding carboxylic acids is 2. The number of amides is 2. The molecule has 0 spiro atoms. The second-order valence-electron chi connectivity index (χ2n) is 6.20. The molecule has 1 aliphatic rings. The number of nitrogens with one attached hydrogen (secondary N) is 1.